The van der Waals surface area contributed by atoms with E-state index in [1.165, 1.54) is 44.1 Å². The van der Waals surface area contributed by atoms with Crippen LogP contribution in [0.25, 0.3) is 0 Å². The summed E-state index contributed by atoms with van der Waals surface area (Å²) in [5.74, 6) is 0.898. The molecule has 114 valence electrons. The molecule has 0 saturated heterocycles. The van der Waals surface area contributed by atoms with Gasteiger partial charge in [0.25, 0.3) is 0 Å². The maximum absolute atomic E-state index is 5.27. The van der Waals surface area contributed by atoms with Crippen LogP contribution in [-0.2, 0) is 6.42 Å². The van der Waals surface area contributed by atoms with Gasteiger partial charge in [0.05, 0.1) is 11.6 Å². The molecule has 0 aromatic heterocycles. The predicted octanol–water partition coefficient (Wildman–Crippen LogP) is 4.95. The quantitative estimate of drug-likeness (QED) is 0.608. The van der Waals surface area contributed by atoms with Crippen LogP contribution >= 0.6 is 15.9 Å². The second kappa shape index (κ2) is 10.2. The molecule has 1 N–H and O–H groups in total. The highest BCUT2D eigenvalue weighted by Gasteiger charge is 2.09. The molecule has 0 fully saturated rings. The molecular weight excluding hydrogens is 314 g/mol. The monoisotopic (exact) mass is 341 g/mol. The van der Waals surface area contributed by atoms with Crippen LogP contribution in [0.4, 0.5) is 0 Å². The van der Waals surface area contributed by atoms with Crippen molar-refractivity contribution in [1.29, 1.82) is 0 Å². The minimum atomic E-state index is 0.567. The smallest absolute Gasteiger partial charge is 0.133 e. The lowest BCUT2D eigenvalue weighted by Gasteiger charge is -2.17. The summed E-state index contributed by atoms with van der Waals surface area (Å²) in [5.41, 5.74) is 1.35. The van der Waals surface area contributed by atoms with Gasteiger partial charge in [0.2, 0.25) is 0 Å². The fraction of sp³-hybridized carbons (Fsp3) is 0.647. The van der Waals surface area contributed by atoms with Crippen LogP contribution in [0.3, 0.4) is 0 Å². The Kier molecular flexibility index (Phi) is 8.95. The number of hydrogen-bond acceptors (Lipinski definition) is 2. The maximum atomic E-state index is 5.27. The summed E-state index contributed by atoms with van der Waals surface area (Å²) in [6, 6.07) is 6.93. The van der Waals surface area contributed by atoms with E-state index >= 15 is 0 Å². The summed E-state index contributed by atoms with van der Waals surface area (Å²) in [5, 5.41) is 3.44. The average molecular weight is 342 g/mol. The Bertz CT molecular complexity index is 381. The number of hydrogen-bond donors (Lipinski definition) is 1. The molecule has 2 nitrogen and oxygen atoms in total. The van der Waals surface area contributed by atoms with Crippen molar-refractivity contribution in [3.8, 4) is 5.75 Å². The van der Waals surface area contributed by atoms with Crippen LogP contribution in [0, 0.1) is 0 Å². The summed E-state index contributed by atoms with van der Waals surface area (Å²) in [6.45, 7) is 2.26. The maximum Gasteiger partial charge on any atom is 0.133 e. The Labute approximate surface area is 132 Å². The van der Waals surface area contributed by atoms with E-state index in [4.69, 9.17) is 4.74 Å². The van der Waals surface area contributed by atoms with Crippen molar-refractivity contribution in [3.63, 3.8) is 0 Å². The van der Waals surface area contributed by atoms with Crippen LogP contribution in [0.1, 0.15) is 51.0 Å². The summed E-state index contributed by atoms with van der Waals surface area (Å²) in [7, 11) is 3.77. The van der Waals surface area contributed by atoms with Crippen LogP contribution in [0.15, 0.2) is 22.7 Å². The summed E-state index contributed by atoms with van der Waals surface area (Å²) >= 11 is 3.55. The molecule has 1 aromatic rings. The molecule has 0 amide bonds. The van der Waals surface area contributed by atoms with Gasteiger partial charge in [-0.1, -0.05) is 45.1 Å². The molecule has 0 aliphatic carbocycles. The van der Waals surface area contributed by atoms with E-state index in [1.54, 1.807) is 7.11 Å². The first-order valence-corrected chi connectivity index (χ1v) is 8.50. The van der Waals surface area contributed by atoms with Crippen molar-refractivity contribution in [3.05, 3.63) is 28.2 Å². The van der Waals surface area contributed by atoms with E-state index in [2.05, 4.69) is 47.4 Å². The van der Waals surface area contributed by atoms with Gasteiger partial charge in [-0.05, 0) is 53.5 Å². The molecule has 1 rings (SSSR count). The summed E-state index contributed by atoms with van der Waals surface area (Å²) < 4.78 is 6.31. The van der Waals surface area contributed by atoms with Crippen molar-refractivity contribution in [2.45, 2.75) is 57.9 Å². The van der Waals surface area contributed by atoms with Crippen molar-refractivity contribution in [2.24, 2.45) is 0 Å². The zero-order valence-corrected chi connectivity index (χ0v) is 14.6. The highest BCUT2D eigenvalue weighted by Crippen LogP contribution is 2.26. The molecule has 0 aliphatic rings. The fourth-order valence-electron chi connectivity index (χ4n) is 2.46. The molecule has 0 saturated carbocycles. The first kappa shape index (κ1) is 17.5. The van der Waals surface area contributed by atoms with E-state index in [9.17, 15) is 0 Å². The first-order chi connectivity index (χ1) is 9.71. The average Bonchev–Trinajstić information content (AvgIpc) is 2.46. The lowest BCUT2D eigenvalue weighted by Crippen LogP contribution is -2.27. The first-order valence-electron chi connectivity index (χ1n) is 7.71. The molecule has 20 heavy (non-hydrogen) atoms. The number of halogens is 1. The van der Waals surface area contributed by atoms with Crippen molar-refractivity contribution < 1.29 is 4.74 Å². The lowest BCUT2D eigenvalue weighted by atomic mass is 10.00. The largest absolute Gasteiger partial charge is 0.496 e. The van der Waals surface area contributed by atoms with E-state index in [1.807, 2.05) is 6.07 Å². The van der Waals surface area contributed by atoms with Gasteiger partial charge in [0, 0.05) is 6.04 Å². The van der Waals surface area contributed by atoms with Crippen LogP contribution < -0.4 is 10.1 Å². The van der Waals surface area contributed by atoms with Crippen LogP contribution in [0.2, 0.25) is 0 Å². The number of ether oxygens (including phenoxy) is 1. The van der Waals surface area contributed by atoms with Crippen molar-refractivity contribution in [1.82, 2.24) is 5.32 Å². The molecule has 1 aromatic carbocycles. The molecule has 0 spiro atoms. The Morgan fingerprint density at radius 3 is 2.55 bits per heavy atom. The van der Waals surface area contributed by atoms with E-state index in [0.29, 0.717) is 6.04 Å². The molecule has 0 heterocycles. The van der Waals surface area contributed by atoms with Gasteiger partial charge in [0.1, 0.15) is 5.75 Å². The van der Waals surface area contributed by atoms with Gasteiger partial charge in [-0.2, -0.15) is 0 Å². The van der Waals surface area contributed by atoms with Gasteiger partial charge >= 0.3 is 0 Å². The zero-order chi connectivity index (χ0) is 14.8. The zero-order valence-electron chi connectivity index (χ0n) is 13.0. The number of methoxy groups -OCH3 is 1. The van der Waals surface area contributed by atoms with Gasteiger partial charge in [-0.25, -0.2) is 0 Å². The number of likely N-dealkylation sites (N-methyl/N-ethyl adjacent to an activating group) is 1. The second-order valence-electron chi connectivity index (χ2n) is 5.36. The molecule has 1 unspecified atom stereocenters. The number of rotatable bonds is 10. The van der Waals surface area contributed by atoms with Crippen LogP contribution in [0.5, 0.6) is 5.75 Å². The highest BCUT2D eigenvalue weighted by molar-refractivity contribution is 9.10. The summed E-state index contributed by atoms with van der Waals surface area (Å²) in [6.07, 6.45) is 9.07. The number of benzene rings is 1. The molecule has 3 heteroatoms. The van der Waals surface area contributed by atoms with Crippen molar-refractivity contribution in [2.75, 3.05) is 14.2 Å². The number of unbranched alkanes of at least 4 members (excludes halogenated alkanes) is 4. The molecular formula is C17H28BrNO. The van der Waals surface area contributed by atoms with E-state index < -0.39 is 0 Å². The Morgan fingerprint density at radius 1 is 1.20 bits per heavy atom. The Hall–Kier alpha value is -0.540. The van der Waals surface area contributed by atoms with Gasteiger partial charge in [-0.15, -0.1) is 0 Å². The van der Waals surface area contributed by atoms with Gasteiger partial charge in [0.15, 0.2) is 0 Å². The molecule has 0 aliphatic heterocycles. The third-order valence-electron chi connectivity index (χ3n) is 3.76. The molecule has 0 bridgehead atoms. The topological polar surface area (TPSA) is 21.3 Å². The van der Waals surface area contributed by atoms with Gasteiger partial charge in [-0.3, -0.25) is 0 Å². The van der Waals surface area contributed by atoms with Crippen molar-refractivity contribution >= 4 is 15.9 Å². The Balaban J connectivity index is 2.41. The lowest BCUT2D eigenvalue weighted by molar-refractivity contribution is 0.411. The summed E-state index contributed by atoms with van der Waals surface area (Å²) in [4.78, 5) is 0. The fourth-order valence-corrected chi connectivity index (χ4v) is 3.05. The molecule has 0 radical (unpaired) electrons. The minimum Gasteiger partial charge on any atom is -0.496 e. The Morgan fingerprint density at radius 2 is 1.95 bits per heavy atom. The number of nitrogens with one attached hydrogen (secondary N) is 1. The third-order valence-corrected chi connectivity index (χ3v) is 4.38. The second-order valence-corrected chi connectivity index (χ2v) is 6.22. The minimum absolute atomic E-state index is 0.567. The third kappa shape index (κ3) is 6.27. The van der Waals surface area contributed by atoms with E-state index in [-0.39, 0.29) is 0 Å². The van der Waals surface area contributed by atoms with Gasteiger partial charge < -0.3 is 10.1 Å². The predicted molar refractivity (Wildman–Crippen MR) is 90.6 cm³/mol. The highest BCUT2D eigenvalue weighted by atomic mass is 79.9. The normalized spacial score (nSPS) is 12.4. The SMILES string of the molecule is CCCCCCCC(Cc1ccc(OC)c(Br)c1)NC. The standard InChI is InChI=1S/C17H28BrNO/c1-4-5-6-7-8-9-15(19-2)12-14-10-11-17(20-3)16(18)13-14/h10-11,13,15,19H,4-9,12H2,1-3H3. The van der Waals surface area contributed by atoms with E-state index in [0.717, 1.165) is 16.6 Å². The molecule has 1 atom stereocenters. The van der Waals surface area contributed by atoms with Crippen LogP contribution in [-0.4, -0.2) is 20.2 Å².